The van der Waals surface area contributed by atoms with Gasteiger partial charge in [-0.1, -0.05) is 26.3 Å². The van der Waals surface area contributed by atoms with Crippen LogP contribution in [0.15, 0.2) is 29.2 Å². The molecular formula is C16H26N2O2S. The number of rotatable bonds is 4. The highest BCUT2D eigenvalue weighted by molar-refractivity contribution is 7.89. The number of sulfonamides is 1. The van der Waals surface area contributed by atoms with E-state index in [1.54, 1.807) is 18.2 Å². The highest BCUT2D eigenvalue weighted by atomic mass is 32.2. The largest absolute Gasteiger partial charge is 0.382 e. The molecule has 0 amide bonds. The molecule has 0 spiro atoms. The Morgan fingerprint density at radius 3 is 2.67 bits per heavy atom. The van der Waals surface area contributed by atoms with Gasteiger partial charge in [-0.3, -0.25) is 0 Å². The van der Waals surface area contributed by atoms with Crippen molar-refractivity contribution in [2.24, 2.45) is 5.41 Å². The fourth-order valence-electron chi connectivity index (χ4n) is 2.91. The van der Waals surface area contributed by atoms with Crippen LogP contribution in [0.2, 0.25) is 0 Å². The van der Waals surface area contributed by atoms with Crippen molar-refractivity contribution in [1.29, 1.82) is 0 Å². The van der Waals surface area contributed by atoms with Crippen molar-refractivity contribution in [1.82, 2.24) is 4.72 Å². The topological polar surface area (TPSA) is 58.2 Å². The van der Waals surface area contributed by atoms with Gasteiger partial charge >= 0.3 is 0 Å². The van der Waals surface area contributed by atoms with Gasteiger partial charge in [0.25, 0.3) is 0 Å². The summed E-state index contributed by atoms with van der Waals surface area (Å²) in [5.74, 6) is 0. The Labute approximate surface area is 128 Å². The number of nitrogens with one attached hydrogen (secondary N) is 2. The first kappa shape index (κ1) is 16.3. The Hall–Kier alpha value is -1.07. The Bertz CT molecular complexity index is 582. The minimum atomic E-state index is -3.38. The Morgan fingerprint density at radius 1 is 1.19 bits per heavy atom. The molecule has 0 radical (unpaired) electrons. The fraction of sp³-hybridized carbons (Fsp3) is 0.625. The molecule has 1 atom stereocenters. The van der Waals surface area contributed by atoms with Crippen LogP contribution < -0.4 is 10.0 Å². The zero-order valence-corrected chi connectivity index (χ0v) is 14.0. The second kappa shape index (κ2) is 6.36. The van der Waals surface area contributed by atoms with Gasteiger partial charge in [-0.25, -0.2) is 13.1 Å². The molecule has 1 fully saturated rings. The van der Waals surface area contributed by atoms with Gasteiger partial charge in [0.1, 0.15) is 0 Å². The van der Waals surface area contributed by atoms with Gasteiger partial charge in [0.05, 0.1) is 4.90 Å². The molecule has 1 saturated carbocycles. The van der Waals surface area contributed by atoms with E-state index >= 15 is 0 Å². The van der Waals surface area contributed by atoms with E-state index in [1.165, 1.54) is 26.3 Å². The lowest BCUT2D eigenvalue weighted by Crippen LogP contribution is -2.21. The maximum atomic E-state index is 11.8. The van der Waals surface area contributed by atoms with E-state index in [0.717, 1.165) is 18.5 Å². The monoisotopic (exact) mass is 310 g/mol. The van der Waals surface area contributed by atoms with Crippen molar-refractivity contribution in [3.63, 3.8) is 0 Å². The molecule has 0 saturated heterocycles. The van der Waals surface area contributed by atoms with E-state index in [-0.39, 0.29) is 0 Å². The van der Waals surface area contributed by atoms with Crippen LogP contribution in [0.4, 0.5) is 5.69 Å². The molecule has 0 aliphatic heterocycles. The summed E-state index contributed by atoms with van der Waals surface area (Å²) < 4.78 is 26.0. The molecule has 0 aromatic heterocycles. The number of benzene rings is 1. The molecular weight excluding hydrogens is 284 g/mol. The Morgan fingerprint density at radius 2 is 1.95 bits per heavy atom. The summed E-state index contributed by atoms with van der Waals surface area (Å²) in [4.78, 5) is 0.309. The lowest BCUT2D eigenvalue weighted by Gasteiger charge is -2.22. The summed E-state index contributed by atoms with van der Waals surface area (Å²) in [7, 11) is -1.94. The summed E-state index contributed by atoms with van der Waals surface area (Å²) in [5.41, 5.74) is 1.31. The Balaban J connectivity index is 2.08. The third-order valence-corrected chi connectivity index (χ3v) is 5.77. The molecule has 1 aliphatic rings. The van der Waals surface area contributed by atoms with Crippen molar-refractivity contribution < 1.29 is 8.42 Å². The van der Waals surface area contributed by atoms with Gasteiger partial charge in [0, 0.05) is 11.7 Å². The predicted octanol–water partition coefficient (Wildman–Crippen LogP) is 3.37. The normalized spacial score (nSPS) is 22.5. The summed E-state index contributed by atoms with van der Waals surface area (Å²) in [6.07, 6.45) is 5.97. The standard InChI is InChI=1S/C16H26N2O2S/c1-16(2)10-5-7-13(9-11-16)18-14-6-4-8-15(12-14)21(19,20)17-3/h4,6,8,12-13,17-18H,5,7,9-11H2,1-3H3. The molecule has 4 nitrogen and oxygen atoms in total. The first-order valence-electron chi connectivity index (χ1n) is 7.63. The maximum Gasteiger partial charge on any atom is 0.240 e. The number of anilines is 1. The lowest BCUT2D eigenvalue weighted by atomic mass is 9.85. The molecule has 1 aromatic carbocycles. The molecule has 0 bridgehead atoms. The van der Waals surface area contributed by atoms with Crippen molar-refractivity contribution in [3.8, 4) is 0 Å². The molecule has 2 N–H and O–H groups in total. The van der Waals surface area contributed by atoms with E-state index in [1.807, 2.05) is 6.07 Å². The van der Waals surface area contributed by atoms with Crippen LogP contribution in [0, 0.1) is 5.41 Å². The summed E-state index contributed by atoms with van der Waals surface area (Å²) in [6, 6.07) is 7.48. The quantitative estimate of drug-likeness (QED) is 0.838. The van der Waals surface area contributed by atoms with Crippen LogP contribution in [0.3, 0.4) is 0 Å². The van der Waals surface area contributed by atoms with Crippen molar-refractivity contribution in [2.45, 2.75) is 56.9 Å². The van der Waals surface area contributed by atoms with Gasteiger partial charge in [-0.05, 0) is 56.3 Å². The van der Waals surface area contributed by atoms with Crippen LogP contribution >= 0.6 is 0 Å². The van der Waals surface area contributed by atoms with E-state index in [2.05, 4.69) is 23.9 Å². The van der Waals surface area contributed by atoms with E-state index < -0.39 is 10.0 Å². The van der Waals surface area contributed by atoms with E-state index in [4.69, 9.17) is 0 Å². The third-order valence-electron chi connectivity index (χ3n) is 4.36. The zero-order valence-electron chi connectivity index (χ0n) is 13.1. The first-order chi connectivity index (χ1) is 9.82. The van der Waals surface area contributed by atoms with Crippen molar-refractivity contribution in [2.75, 3.05) is 12.4 Å². The highest BCUT2D eigenvalue weighted by Crippen LogP contribution is 2.34. The van der Waals surface area contributed by atoms with Crippen LogP contribution in [0.1, 0.15) is 46.0 Å². The lowest BCUT2D eigenvalue weighted by molar-refractivity contribution is 0.313. The summed E-state index contributed by atoms with van der Waals surface area (Å²) in [6.45, 7) is 4.66. The van der Waals surface area contributed by atoms with E-state index in [0.29, 0.717) is 16.4 Å². The van der Waals surface area contributed by atoms with E-state index in [9.17, 15) is 8.42 Å². The molecule has 1 unspecified atom stereocenters. The predicted molar refractivity (Wildman–Crippen MR) is 87.0 cm³/mol. The van der Waals surface area contributed by atoms with Crippen molar-refractivity contribution in [3.05, 3.63) is 24.3 Å². The van der Waals surface area contributed by atoms with Gasteiger partial charge in [-0.15, -0.1) is 0 Å². The van der Waals surface area contributed by atoms with Crippen LogP contribution in [-0.4, -0.2) is 21.5 Å². The summed E-state index contributed by atoms with van der Waals surface area (Å²) in [5, 5.41) is 3.50. The third kappa shape index (κ3) is 4.45. The minimum absolute atomic E-state index is 0.309. The number of hydrogen-bond acceptors (Lipinski definition) is 3. The molecule has 5 heteroatoms. The smallest absolute Gasteiger partial charge is 0.240 e. The molecule has 1 aromatic rings. The minimum Gasteiger partial charge on any atom is -0.382 e. The van der Waals surface area contributed by atoms with Gasteiger partial charge in [-0.2, -0.15) is 0 Å². The molecule has 2 rings (SSSR count). The van der Waals surface area contributed by atoms with Gasteiger partial charge in [0.15, 0.2) is 0 Å². The highest BCUT2D eigenvalue weighted by Gasteiger charge is 2.24. The van der Waals surface area contributed by atoms with Gasteiger partial charge < -0.3 is 5.32 Å². The molecule has 21 heavy (non-hydrogen) atoms. The molecule has 0 heterocycles. The average molecular weight is 310 g/mol. The van der Waals surface area contributed by atoms with Crippen molar-refractivity contribution >= 4 is 15.7 Å². The number of hydrogen-bond donors (Lipinski definition) is 2. The molecule has 118 valence electrons. The SMILES string of the molecule is CNS(=O)(=O)c1cccc(NC2CCCC(C)(C)CC2)c1. The average Bonchev–Trinajstić information content (AvgIpc) is 2.60. The molecule has 1 aliphatic carbocycles. The Kier molecular flexibility index (Phi) is 4.94. The fourth-order valence-corrected chi connectivity index (χ4v) is 3.69. The van der Waals surface area contributed by atoms with Crippen LogP contribution in [0.25, 0.3) is 0 Å². The zero-order chi connectivity index (χ0) is 15.5. The summed E-state index contributed by atoms with van der Waals surface area (Å²) >= 11 is 0. The van der Waals surface area contributed by atoms with Crippen LogP contribution in [-0.2, 0) is 10.0 Å². The first-order valence-corrected chi connectivity index (χ1v) is 9.11. The second-order valence-electron chi connectivity index (χ2n) is 6.67. The van der Waals surface area contributed by atoms with Crippen LogP contribution in [0.5, 0.6) is 0 Å². The van der Waals surface area contributed by atoms with Gasteiger partial charge in [0.2, 0.25) is 10.0 Å². The maximum absolute atomic E-state index is 11.8. The second-order valence-corrected chi connectivity index (χ2v) is 8.56.